The van der Waals surface area contributed by atoms with Crippen molar-refractivity contribution in [3.05, 3.63) is 71.4 Å². The van der Waals surface area contributed by atoms with Gasteiger partial charge in [-0.15, -0.1) is 0 Å². The molecule has 27 heavy (non-hydrogen) atoms. The van der Waals surface area contributed by atoms with Crippen LogP contribution in [0.2, 0.25) is 0 Å². The van der Waals surface area contributed by atoms with Crippen LogP contribution in [-0.4, -0.2) is 27.5 Å². The highest BCUT2D eigenvalue weighted by Gasteiger charge is 2.37. The molecule has 0 bridgehead atoms. The van der Waals surface area contributed by atoms with Crippen molar-refractivity contribution in [2.75, 3.05) is 6.54 Å². The molecule has 1 aliphatic rings. The van der Waals surface area contributed by atoms with E-state index in [0.29, 0.717) is 24.7 Å². The van der Waals surface area contributed by atoms with E-state index in [1.54, 1.807) is 17.0 Å². The van der Waals surface area contributed by atoms with Crippen molar-refractivity contribution in [2.45, 2.75) is 32.2 Å². The molecule has 1 amide bonds. The summed E-state index contributed by atoms with van der Waals surface area (Å²) in [4.78, 5) is 18.8. The molecule has 0 N–H and O–H groups in total. The number of benzene rings is 2. The first-order chi connectivity index (χ1) is 13.0. The maximum Gasteiger partial charge on any atom is 0.232 e. The molecule has 1 saturated heterocycles. The van der Waals surface area contributed by atoms with Crippen molar-refractivity contribution < 1.29 is 13.7 Å². The Kier molecular flexibility index (Phi) is 4.48. The van der Waals surface area contributed by atoms with Gasteiger partial charge in [0.15, 0.2) is 0 Å². The minimum atomic E-state index is -0.286. The van der Waals surface area contributed by atoms with Gasteiger partial charge in [0.1, 0.15) is 5.82 Å². The van der Waals surface area contributed by atoms with Crippen LogP contribution in [0, 0.1) is 12.7 Å². The van der Waals surface area contributed by atoms with E-state index in [1.807, 2.05) is 38.1 Å². The smallest absolute Gasteiger partial charge is 0.232 e. The number of carbonyl (C=O) groups excluding carboxylic acids is 1. The topological polar surface area (TPSA) is 59.2 Å². The summed E-state index contributed by atoms with van der Waals surface area (Å²) in [5.41, 5.74) is 2.95. The fourth-order valence-corrected chi connectivity index (χ4v) is 3.41. The summed E-state index contributed by atoms with van der Waals surface area (Å²) in [7, 11) is 0. The van der Waals surface area contributed by atoms with Crippen molar-refractivity contribution in [1.29, 1.82) is 0 Å². The maximum absolute atomic E-state index is 13.1. The zero-order chi connectivity index (χ0) is 19.0. The second-order valence-corrected chi connectivity index (χ2v) is 7.00. The van der Waals surface area contributed by atoms with E-state index in [0.717, 1.165) is 16.7 Å². The number of hydrogen-bond acceptors (Lipinski definition) is 4. The van der Waals surface area contributed by atoms with Gasteiger partial charge in [-0.2, -0.15) is 4.98 Å². The molecule has 6 heteroatoms. The van der Waals surface area contributed by atoms with E-state index in [1.165, 1.54) is 12.1 Å². The van der Waals surface area contributed by atoms with E-state index in [-0.39, 0.29) is 23.7 Å². The lowest BCUT2D eigenvalue weighted by atomic mass is 10.1. The SMILES string of the molecule is Cc1ccc(-c2noc(C3CC(=O)N(C(C)c4ccc(F)cc4)C3)n2)cc1. The third-order valence-corrected chi connectivity index (χ3v) is 5.08. The molecule has 1 aromatic heterocycles. The Morgan fingerprint density at radius 2 is 1.85 bits per heavy atom. The number of aromatic nitrogens is 2. The van der Waals surface area contributed by atoms with Crippen molar-refractivity contribution in [3.63, 3.8) is 0 Å². The summed E-state index contributed by atoms with van der Waals surface area (Å²) in [5.74, 6) is 0.625. The fourth-order valence-electron chi connectivity index (χ4n) is 3.41. The molecule has 138 valence electrons. The third kappa shape index (κ3) is 3.47. The van der Waals surface area contributed by atoms with E-state index >= 15 is 0 Å². The highest BCUT2D eigenvalue weighted by atomic mass is 19.1. The highest BCUT2D eigenvalue weighted by Crippen LogP contribution is 2.34. The molecule has 3 aromatic rings. The number of hydrogen-bond donors (Lipinski definition) is 0. The van der Waals surface area contributed by atoms with Crippen LogP contribution in [0.5, 0.6) is 0 Å². The second-order valence-electron chi connectivity index (χ2n) is 7.00. The first kappa shape index (κ1) is 17.4. The van der Waals surface area contributed by atoms with Gasteiger partial charge in [-0.25, -0.2) is 4.39 Å². The number of likely N-dealkylation sites (tertiary alicyclic amines) is 1. The number of carbonyl (C=O) groups is 1. The Balaban J connectivity index is 1.50. The van der Waals surface area contributed by atoms with Gasteiger partial charge in [0.2, 0.25) is 17.6 Å². The summed E-state index contributed by atoms with van der Waals surface area (Å²) < 4.78 is 18.6. The van der Waals surface area contributed by atoms with Gasteiger partial charge in [0.05, 0.1) is 12.0 Å². The Morgan fingerprint density at radius 3 is 2.56 bits per heavy atom. The molecular weight excluding hydrogens is 345 g/mol. The zero-order valence-corrected chi connectivity index (χ0v) is 15.2. The highest BCUT2D eigenvalue weighted by molar-refractivity contribution is 5.80. The number of aryl methyl sites for hydroxylation is 1. The second kappa shape index (κ2) is 6.95. The molecule has 2 heterocycles. The van der Waals surface area contributed by atoms with E-state index in [4.69, 9.17) is 4.52 Å². The monoisotopic (exact) mass is 365 g/mol. The summed E-state index contributed by atoms with van der Waals surface area (Å²) >= 11 is 0. The molecule has 5 nitrogen and oxygen atoms in total. The summed E-state index contributed by atoms with van der Waals surface area (Å²) in [6.45, 7) is 4.47. The quantitative estimate of drug-likeness (QED) is 0.693. The molecule has 0 aliphatic carbocycles. The predicted octanol–water partition coefficient (Wildman–Crippen LogP) is 4.26. The van der Waals surface area contributed by atoms with Crippen molar-refractivity contribution in [3.8, 4) is 11.4 Å². The third-order valence-electron chi connectivity index (χ3n) is 5.08. The van der Waals surface area contributed by atoms with Crippen LogP contribution in [0.3, 0.4) is 0 Å². The minimum Gasteiger partial charge on any atom is -0.339 e. The van der Waals surface area contributed by atoms with Crippen LogP contribution >= 0.6 is 0 Å². The van der Waals surface area contributed by atoms with Crippen molar-refractivity contribution in [2.24, 2.45) is 0 Å². The van der Waals surface area contributed by atoms with Gasteiger partial charge in [0, 0.05) is 18.5 Å². The molecule has 0 spiro atoms. The standard InChI is InChI=1S/C21H20FN3O2/c1-13-3-5-16(6-4-13)20-23-21(27-24-20)17-11-19(26)25(12-17)14(2)15-7-9-18(22)10-8-15/h3-10,14,17H,11-12H2,1-2H3. The molecule has 1 aliphatic heterocycles. The van der Waals surface area contributed by atoms with E-state index in [9.17, 15) is 9.18 Å². The van der Waals surface area contributed by atoms with Crippen LogP contribution in [0.1, 0.15) is 42.3 Å². The van der Waals surface area contributed by atoms with E-state index < -0.39 is 0 Å². The van der Waals surface area contributed by atoms with Gasteiger partial charge in [-0.1, -0.05) is 47.1 Å². The van der Waals surface area contributed by atoms with Gasteiger partial charge < -0.3 is 9.42 Å². The van der Waals surface area contributed by atoms with Gasteiger partial charge >= 0.3 is 0 Å². The first-order valence-corrected chi connectivity index (χ1v) is 8.97. The molecule has 4 rings (SSSR count). The van der Waals surface area contributed by atoms with Crippen LogP contribution in [0.15, 0.2) is 53.1 Å². The molecule has 0 saturated carbocycles. The van der Waals surface area contributed by atoms with Gasteiger partial charge in [-0.05, 0) is 31.5 Å². The van der Waals surface area contributed by atoms with Crippen molar-refractivity contribution in [1.82, 2.24) is 15.0 Å². The van der Waals surface area contributed by atoms with Crippen LogP contribution < -0.4 is 0 Å². The number of amides is 1. The Morgan fingerprint density at radius 1 is 1.15 bits per heavy atom. The summed E-state index contributed by atoms with van der Waals surface area (Å²) in [5, 5.41) is 4.07. The molecular formula is C21H20FN3O2. The lowest BCUT2D eigenvalue weighted by molar-refractivity contribution is -0.129. The largest absolute Gasteiger partial charge is 0.339 e. The van der Waals surface area contributed by atoms with Crippen LogP contribution in [0.25, 0.3) is 11.4 Å². The molecule has 2 aromatic carbocycles. The number of halogens is 1. The maximum atomic E-state index is 13.1. The molecule has 2 atom stereocenters. The van der Waals surface area contributed by atoms with E-state index in [2.05, 4.69) is 10.1 Å². The number of rotatable bonds is 4. The molecule has 2 unspecified atom stereocenters. The number of nitrogens with zero attached hydrogens (tertiary/aromatic N) is 3. The predicted molar refractivity (Wildman–Crippen MR) is 98.4 cm³/mol. The minimum absolute atomic E-state index is 0.0342. The zero-order valence-electron chi connectivity index (χ0n) is 15.2. The molecule has 0 radical (unpaired) electrons. The van der Waals surface area contributed by atoms with Crippen LogP contribution in [0.4, 0.5) is 4.39 Å². The van der Waals surface area contributed by atoms with Gasteiger partial charge in [0.25, 0.3) is 0 Å². The summed E-state index contributed by atoms with van der Waals surface area (Å²) in [6.07, 6.45) is 0.334. The average molecular weight is 365 g/mol. The first-order valence-electron chi connectivity index (χ1n) is 8.97. The Labute approximate surface area is 156 Å². The normalized spacial score (nSPS) is 18.1. The lowest BCUT2D eigenvalue weighted by Crippen LogP contribution is -2.28. The van der Waals surface area contributed by atoms with Crippen molar-refractivity contribution >= 4 is 5.91 Å². The Hall–Kier alpha value is -3.02. The Bertz CT molecular complexity index is 950. The summed E-state index contributed by atoms with van der Waals surface area (Å²) in [6, 6.07) is 14.0. The fraction of sp³-hybridized carbons (Fsp3) is 0.286. The average Bonchev–Trinajstić information content (AvgIpc) is 3.29. The molecule has 1 fully saturated rings. The van der Waals surface area contributed by atoms with Crippen LogP contribution in [-0.2, 0) is 4.79 Å². The van der Waals surface area contributed by atoms with Gasteiger partial charge in [-0.3, -0.25) is 4.79 Å². The lowest BCUT2D eigenvalue weighted by Gasteiger charge is -2.25.